The Balaban J connectivity index is 2.87. The van der Waals surface area contributed by atoms with Gasteiger partial charge in [0.1, 0.15) is 17.8 Å². The second-order valence-electron chi connectivity index (χ2n) is 7.25. The number of rotatable bonds is 0. The lowest BCUT2D eigenvalue weighted by Gasteiger charge is -2.29. The molecule has 1 heterocycles. The van der Waals surface area contributed by atoms with Crippen LogP contribution in [0.4, 0.5) is 0 Å². The summed E-state index contributed by atoms with van der Waals surface area (Å²) in [5.74, 6) is -0.342. The van der Waals surface area contributed by atoms with Gasteiger partial charge in [-0.1, -0.05) is 6.92 Å². The van der Waals surface area contributed by atoms with E-state index in [0.29, 0.717) is 25.3 Å². The molecule has 0 amide bonds. The van der Waals surface area contributed by atoms with Crippen LogP contribution in [0.2, 0.25) is 0 Å². The van der Waals surface area contributed by atoms with Gasteiger partial charge < -0.3 is 14.7 Å². The van der Waals surface area contributed by atoms with Gasteiger partial charge in [0.25, 0.3) is 0 Å². The van der Waals surface area contributed by atoms with Crippen LogP contribution in [0.5, 0.6) is 0 Å². The van der Waals surface area contributed by atoms with Crippen LogP contribution in [0.1, 0.15) is 47.0 Å². The molecule has 1 aliphatic heterocycles. The van der Waals surface area contributed by atoms with Crippen molar-refractivity contribution in [1.29, 1.82) is 0 Å². The summed E-state index contributed by atoms with van der Waals surface area (Å²) in [6.07, 6.45) is 1.20. The summed E-state index contributed by atoms with van der Waals surface area (Å²) < 4.78 is 5.23. The number of ether oxygens (including phenoxy) is 1. The highest BCUT2D eigenvalue weighted by atomic mass is 16.5. The van der Waals surface area contributed by atoms with E-state index in [1.54, 1.807) is 20.8 Å². The summed E-state index contributed by atoms with van der Waals surface area (Å²) in [5, 5.41) is 10.5. The molecule has 1 N–H and O–H groups in total. The Kier molecular flexibility index (Phi) is 5.93. The van der Waals surface area contributed by atoms with E-state index in [4.69, 9.17) is 4.74 Å². The molecule has 5 heteroatoms. The van der Waals surface area contributed by atoms with Crippen molar-refractivity contribution in [2.24, 2.45) is 11.3 Å². The van der Waals surface area contributed by atoms with Gasteiger partial charge in [-0.2, -0.15) is 0 Å². The first-order valence-electron chi connectivity index (χ1n) is 7.66. The Hall–Kier alpha value is -0.940. The fourth-order valence-corrected chi connectivity index (χ4v) is 2.82. The number of ketones is 1. The number of Topliss-reactive ketones (excluding diaryl/α,β-unsaturated/α-hetero) is 1. The number of cyclic esters (lactones) is 1. The molecule has 0 spiro atoms. The highest BCUT2D eigenvalue weighted by Gasteiger charge is 2.38. The van der Waals surface area contributed by atoms with E-state index in [1.165, 1.54) is 0 Å². The van der Waals surface area contributed by atoms with E-state index in [0.717, 1.165) is 6.54 Å². The van der Waals surface area contributed by atoms with Gasteiger partial charge in [0.05, 0.1) is 5.60 Å². The highest BCUT2D eigenvalue weighted by Crippen LogP contribution is 2.27. The second kappa shape index (κ2) is 6.88. The van der Waals surface area contributed by atoms with Gasteiger partial charge in [-0.15, -0.1) is 0 Å². The minimum atomic E-state index is -1.14. The number of hydrogen-bond acceptors (Lipinski definition) is 5. The zero-order valence-electron chi connectivity index (χ0n) is 13.9. The lowest BCUT2D eigenvalue weighted by atomic mass is 9.82. The third-order valence-corrected chi connectivity index (χ3v) is 4.22. The summed E-state index contributed by atoms with van der Waals surface area (Å²) in [6.45, 7) is 8.78. The van der Waals surface area contributed by atoms with Crippen molar-refractivity contribution in [3.63, 3.8) is 0 Å². The predicted molar refractivity (Wildman–Crippen MR) is 80.9 cm³/mol. The number of likely N-dealkylation sites (N-methyl/N-ethyl adjacent to an activating group) is 1. The van der Waals surface area contributed by atoms with Crippen molar-refractivity contribution in [2.45, 2.75) is 52.6 Å². The summed E-state index contributed by atoms with van der Waals surface area (Å²) in [5.41, 5.74) is -2.03. The largest absolute Gasteiger partial charge is 0.464 e. The van der Waals surface area contributed by atoms with E-state index < -0.39 is 17.0 Å². The molecular formula is C16H29NO4. The van der Waals surface area contributed by atoms with Crippen molar-refractivity contribution in [2.75, 3.05) is 26.7 Å². The first-order chi connectivity index (χ1) is 9.54. The molecule has 21 heavy (non-hydrogen) atoms. The van der Waals surface area contributed by atoms with Crippen LogP contribution in [-0.4, -0.2) is 54.1 Å². The first kappa shape index (κ1) is 18.1. The van der Waals surface area contributed by atoms with E-state index in [1.807, 2.05) is 7.05 Å². The van der Waals surface area contributed by atoms with Crippen LogP contribution in [0, 0.1) is 11.3 Å². The van der Waals surface area contributed by atoms with Gasteiger partial charge in [0.15, 0.2) is 0 Å². The SMILES string of the molecule is C[C@H]1CN(C)CCOC(=O)C(C)(C)C(=O)CC[C@](C)(O)C1. The second-order valence-corrected chi connectivity index (χ2v) is 7.25. The molecule has 1 saturated heterocycles. The molecule has 0 saturated carbocycles. The maximum atomic E-state index is 12.3. The lowest BCUT2D eigenvalue weighted by Crippen LogP contribution is -2.37. The molecule has 0 aromatic rings. The monoisotopic (exact) mass is 299 g/mol. The van der Waals surface area contributed by atoms with Crippen LogP contribution in [0.25, 0.3) is 0 Å². The third-order valence-electron chi connectivity index (χ3n) is 4.22. The third kappa shape index (κ3) is 5.40. The maximum Gasteiger partial charge on any atom is 0.319 e. The van der Waals surface area contributed by atoms with E-state index >= 15 is 0 Å². The fraction of sp³-hybridized carbons (Fsp3) is 0.875. The quantitative estimate of drug-likeness (QED) is 0.544. The zero-order valence-corrected chi connectivity index (χ0v) is 13.9. The van der Waals surface area contributed by atoms with Crippen LogP contribution < -0.4 is 0 Å². The zero-order chi connectivity index (χ0) is 16.3. The summed E-state index contributed by atoms with van der Waals surface area (Å²) in [7, 11) is 1.97. The normalized spacial score (nSPS) is 33.5. The number of carbonyl (C=O) groups excluding carboxylic acids is 2. The molecule has 0 unspecified atom stereocenters. The first-order valence-corrected chi connectivity index (χ1v) is 7.66. The Morgan fingerprint density at radius 1 is 1.29 bits per heavy atom. The molecule has 0 aromatic carbocycles. The van der Waals surface area contributed by atoms with Gasteiger partial charge in [0.2, 0.25) is 0 Å². The molecule has 5 nitrogen and oxygen atoms in total. The van der Waals surface area contributed by atoms with Crippen molar-refractivity contribution in [1.82, 2.24) is 4.90 Å². The van der Waals surface area contributed by atoms with Crippen LogP contribution in [0.15, 0.2) is 0 Å². The van der Waals surface area contributed by atoms with Gasteiger partial charge in [-0.05, 0) is 46.6 Å². The Morgan fingerprint density at radius 3 is 2.52 bits per heavy atom. The van der Waals surface area contributed by atoms with Crippen LogP contribution in [-0.2, 0) is 14.3 Å². The molecule has 0 radical (unpaired) electrons. The minimum absolute atomic E-state index is 0.173. The highest BCUT2D eigenvalue weighted by molar-refractivity contribution is 6.02. The Bertz CT molecular complexity index is 390. The number of esters is 1. The van der Waals surface area contributed by atoms with Crippen molar-refractivity contribution in [3.05, 3.63) is 0 Å². The molecule has 1 aliphatic rings. The average Bonchev–Trinajstić information content (AvgIpc) is 2.33. The lowest BCUT2D eigenvalue weighted by molar-refractivity contribution is -0.158. The van der Waals surface area contributed by atoms with E-state index in [9.17, 15) is 14.7 Å². The summed E-state index contributed by atoms with van der Waals surface area (Å²) in [4.78, 5) is 26.4. The molecule has 0 bridgehead atoms. The van der Waals surface area contributed by atoms with Crippen LogP contribution in [0.3, 0.4) is 0 Å². The molecule has 0 aromatic heterocycles. The molecule has 1 rings (SSSR count). The number of aliphatic hydroxyl groups is 1. The van der Waals surface area contributed by atoms with Crippen molar-refractivity contribution < 1.29 is 19.4 Å². The average molecular weight is 299 g/mol. The fourth-order valence-electron chi connectivity index (χ4n) is 2.82. The Morgan fingerprint density at radius 2 is 1.90 bits per heavy atom. The van der Waals surface area contributed by atoms with Gasteiger partial charge in [-0.25, -0.2) is 0 Å². The molecule has 1 fully saturated rings. The van der Waals surface area contributed by atoms with Gasteiger partial charge >= 0.3 is 5.97 Å². The number of carbonyl (C=O) groups is 2. The molecule has 122 valence electrons. The Labute approximate surface area is 127 Å². The number of hydrogen-bond donors (Lipinski definition) is 1. The summed E-state index contributed by atoms with van der Waals surface area (Å²) in [6, 6.07) is 0. The van der Waals surface area contributed by atoms with Gasteiger partial charge in [0, 0.05) is 19.5 Å². The minimum Gasteiger partial charge on any atom is -0.464 e. The van der Waals surface area contributed by atoms with E-state index in [-0.39, 0.29) is 18.8 Å². The smallest absolute Gasteiger partial charge is 0.319 e. The maximum absolute atomic E-state index is 12.3. The standard InChI is InChI=1S/C16H29NO4/c1-12-10-16(4,20)7-6-13(18)15(2,3)14(19)21-9-8-17(5)11-12/h12,20H,6-11H2,1-5H3/t12-,16+/m1/s1. The molecule has 0 aliphatic carbocycles. The topological polar surface area (TPSA) is 66.8 Å². The summed E-state index contributed by atoms with van der Waals surface area (Å²) >= 11 is 0. The van der Waals surface area contributed by atoms with Crippen molar-refractivity contribution >= 4 is 11.8 Å². The predicted octanol–water partition coefficient (Wildman–Crippen LogP) is 1.63. The van der Waals surface area contributed by atoms with Gasteiger partial charge in [-0.3, -0.25) is 9.59 Å². The molecule has 2 atom stereocenters. The molecular weight excluding hydrogens is 270 g/mol. The van der Waals surface area contributed by atoms with Crippen LogP contribution >= 0.6 is 0 Å². The van der Waals surface area contributed by atoms with E-state index in [2.05, 4.69) is 11.8 Å². The van der Waals surface area contributed by atoms with Crippen molar-refractivity contribution in [3.8, 4) is 0 Å². The number of nitrogens with zero attached hydrogens (tertiary/aromatic N) is 1.